The van der Waals surface area contributed by atoms with Gasteiger partial charge in [0.25, 0.3) is 5.91 Å². The van der Waals surface area contributed by atoms with Crippen LogP contribution in [-0.2, 0) is 13.1 Å². The van der Waals surface area contributed by atoms with E-state index in [4.69, 9.17) is 0 Å². The number of rotatable bonds is 1. The van der Waals surface area contributed by atoms with E-state index in [2.05, 4.69) is 25.4 Å². The van der Waals surface area contributed by atoms with Crippen molar-refractivity contribution in [2.24, 2.45) is 0 Å². The Labute approximate surface area is 113 Å². The van der Waals surface area contributed by atoms with Crippen molar-refractivity contribution in [2.45, 2.75) is 13.1 Å². The van der Waals surface area contributed by atoms with Gasteiger partial charge in [0.1, 0.15) is 17.4 Å². The molecule has 0 saturated carbocycles. The van der Waals surface area contributed by atoms with E-state index in [1.165, 1.54) is 6.33 Å². The summed E-state index contributed by atoms with van der Waals surface area (Å²) in [5.74, 6) is -0.0344. The molecule has 0 spiro atoms. The van der Waals surface area contributed by atoms with Gasteiger partial charge in [0.15, 0.2) is 0 Å². The Morgan fingerprint density at radius 2 is 2.10 bits per heavy atom. The second kappa shape index (κ2) is 4.09. The number of benzene rings is 1. The van der Waals surface area contributed by atoms with Gasteiger partial charge in [-0.2, -0.15) is 15.4 Å². The maximum absolute atomic E-state index is 12.5. The number of H-pyrrole nitrogens is 1. The number of fused-ring (bicyclic) bond motifs is 2. The highest BCUT2D eigenvalue weighted by atomic mass is 16.2. The molecule has 0 aliphatic carbocycles. The van der Waals surface area contributed by atoms with Gasteiger partial charge in [-0.1, -0.05) is 0 Å². The molecule has 0 fully saturated rings. The summed E-state index contributed by atoms with van der Waals surface area (Å²) in [7, 11) is 0. The average molecular weight is 266 g/mol. The molecule has 4 rings (SSSR count). The minimum absolute atomic E-state index is 0.0344. The molecule has 1 aromatic carbocycles. The van der Waals surface area contributed by atoms with Gasteiger partial charge in [-0.25, -0.2) is 9.97 Å². The third kappa shape index (κ3) is 1.63. The van der Waals surface area contributed by atoms with Gasteiger partial charge >= 0.3 is 0 Å². The van der Waals surface area contributed by atoms with E-state index in [0.717, 1.165) is 16.8 Å². The maximum atomic E-state index is 12.5. The van der Waals surface area contributed by atoms with Gasteiger partial charge in [0, 0.05) is 23.9 Å². The Morgan fingerprint density at radius 1 is 1.20 bits per heavy atom. The molecule has 1 N–H and O–H groups in total. The first-order valence-corrected chi connectivity index (χ1v) is 6.19. The SMILES string of the molecule is O=C(c1ccc2n[nH]nc2c1)N1Cc2cncnc2C1. The van der Waals surface area contributed by atoms with Crippen LogP contribution in [0.3, 0.4) is 0 Å². The summed E-state index contributed by atoms with van der Waals surface area (Å²) in [5, 5.41) is 10.5. The zero-order valence-electron chi connectivity index (χ0n) is 10.4. The minimum Gasteiger partial charge on any atom is -0.328 e. The predicted octanol–water partition coefficient (Wildman–Crippen LogP) is 0.904. The van der Waals surface area contributed by atoms with E-state index < -0.39 is 0 Å². The molecule has 0 radical (unpaired) electrons. The molecular formula is C13H10N6O. The number of carbonyl (C=O) groups excluding carboxylic acids is 1. The number of hydrogen-bond acceptors (Lipinski definition) is 5. The molecule has 0 unspecified atom stereocenters. The number of carbonyl (C=O) groups is 1. The molecule has 7 heteroatoms. The highest BCUT2D eigenvalue weighted by Gasteiger charge is 2.25. The summed E-state index contributed by atoms with van der Waals surface area (Å²) >= 11 is 0. The highest BCUT2D eigenvalue weighted by molar-refractivity contribution is 5.97. The second-order valence-corrected chi connectivity index (χ2v) is 4.68. The Hall–Kier alpha value is -2.83. The van der Waals surface area contributed by atoms with Gasteiger partial charge < -0.3 is 4.90 Å². The van der Waals surface area contributed by atoms with E-state index in [0.29, 0.717) is 24.2 Å². The first-order chi connectivity index (χ1) is 9.81. The highest BCUT2D eigenvalue weighted by Crippen LogP contribution is 2.22. The van der Waals surface area contributed by atoms with Crippen LogP contribution >= 0.6 is 0 Å². The Bertz CT molecular complexity index is 786. The fraction of sp³-hybridized carbons (Fsp3) is 0.154. The molecule has 1 aliphatic rings. The summed E-state index contributed by atoms with van der Waals surface area (Å²) in [6.07, 6.45) is 3.27. The van der Waals surface area contributed by atoms with Crippen LogP contribution in [0.5, 0.6) is 0 Å². The lowest BCUT2D eigenvalue weighted by Crippen LogP contribution is -2.25. The molecule has 2 aromatic heterocycles. The van der Waals surface area contributed by atoms with Crippen LogP contribution in [0.4, 0.5) is 0 Å². The Kier molecular flexibility index (Phi) is 2.26. The molecule has 3 aromatic rings. The van der Waals surface area contributed by atoms with Crippen LogP contribution < -0.4 is 0 Å². The molecule has 0 saturated heterocycles. The topological polar surface area (TPSA) is 87.7 Å². The molecule has 7 nitrogen and oxygen atoms in total. The smallest absolute Gasteiger partial charge is 0.254 e. The summed E-state index contributed by atoms with van der Waals surface area (Å²) in [6, 6.07) is 5.30. The lowest BCUT2D eigenvalue weighted by Gasteiger charge is -2.14. The second-order valence-electron chi connectivity index (χ2n) is 4.68. The monoisotopic (exact) mass is 266 g/mol. The summed E-state index contributed by atoms with van der Waals surface area (Å²) in [4.78, 5) is 22.4. The van der Waals surface area contributed by atoms with Crippen LogP contribution in [0.1, 0.15) is 21.6 Å². The number of amides is 1. The van der Waals surface area contributed by atoms with Crippen molar-refractivity contribution in [1.29, 1.82) is 0 Å². The normalized spacial score (nSPS) is 13.7. The molecule has 0 atom stereocenters. The van der Waals surface area contributed by atoms with E-state index in [9.17, 15) is 4.79 Å². The maximum Gasteiger partial charge on any atom is 0.254 e. The van der Waals surface area contributed by atoms with Crippen LogP contribution in [0.2, 0.25) is 0 Å². The van der Waals surface area contributed by atoms with E-state index in [-0.39, 0.29) is 5.91 Å². The Balaban J connectivity index is 1.65. The van der Waals surface area contributed by atoms with E-state index >= 15 is 0 Å². The summed E-state index contributed by atoms with van der Waals surface area (Å²) < 4.78 is 0. The van der Waals surface area contributed by atoms with Crippen molar-refractivity contribution in [1.82, 2.24) is 30.3 Å². The number of hydrogen-bond donors (Lipinski definition) is 1. The Morgan fingerprint density at radius 3 is 3.00 bits per heavy atom. The van der Waals surface area contributed by atoms with Gasteiger partial charge in [-0.3, -0.25) is 4.79 Å². The largest absolute Gasteiger partial charge is 0.328 e. The van der Waals surface area contributed by atoms with Crippen molar-refractivity contribution in [2.75, 3.05) is 0 Å². The molecule has 1 aliphatic heterocycles. The third-order valence-electron chi connectivity index (χ3n) is 3.43. The number of nitrogens with one attached hydrogen (secondary N) is 1. The predicted molar refractivity (Wildman–Crippen MR) is 69.5 cm³/mol. The first kappa shape index (κ1) is 11.0. The van der Waals surface area contributed by atoms with Gasteiger partial charge in [-0.15, -0.1) is 0 Å². The zero-order chi connectivity index (χ0) is 13.5. The van der Waals surface area contributed by atoms with Crippen molar-refractivity contribution >= 4 is 16.9 Å². The van der Waals surface area contributed by atoms with Crippen molar-refractivity contribution in [3.63, 3.8) is 0 Å². The number of aromatic nitrogens is 5. The lowest BCUT2D eigenvalue weighted by atomic mass is 10.2. The lowest BCUT2D eigenvalue weighted by molar-refractivity contribution is 0.0750. The van der Waals surface area contributed by atoms with Crippen LogP contribution in [0, 0.1) is 0 Å². The average Bonchev–Trinajstić information content (AvgIpc) is 3.11. The molecule has 3 heterocycles. The number of aromatic amines is 1. The van der Waals surface area contributed by atoms with Crippen molar-refractivity contribution in [3.05, 3.63) is 47.5 Å². The van der Waals surface area contributed by atoms with E-state index in [1.54, 1.807) is 29.3 Å². The zero-order valence-corrected chi connectivity index (χ0v) is 10.4. The van der Waals surface area contributed by atoms with E-state index in [1.807, 2.05) is 0 Å². The standard InChI is InChI=1S/C13H10N6O/c20-13(8-1-2-10-11(3-8)17-18-16-10)19-5-9-4-14-7-15-12(9)6-19/h1-4,7H,5-6H2,(H,16,17,18). The molecule has 0 bridgehead atoms. The summed E-state index contributed by atoms with van der Waals surface area (Å²) in [6.45, 7) is 1.07. The molecule has 1 amide bonds. The van der Waals surface area contributed by atoms with Crippen molar-refractivity contribution in [3.8, 4) is 0 Å². The molecule has 20 heavy (non-hydrogen) atoms. The third-order valence-corrected chi connectivity index (χ3v) is 3.43. The fourth-order valence-corrected chi connectivity index (χ4v) is 2.40. The molecule has 98 valence electrons. The number of nitrogens with zero attached hydrogens (tertiary/aromatic N) is 5. The fourth-order valence-electron chi connectivity index (χ4n) is 2.40. The quantitative estimate of drug-likeness (QED) is 0.707. The van der Waals surface area contributed by atoms with Crippen molar-refractivity contribution < 1.29 is 4.79 Å². The molecular weight excluding hydrogens is 256 g/mol. The minimum atomic E-state index is -0.0344. The van der Waals surface area contributed by atoms with Gasteiger partial charge in [0.2, 0.25) is 0 Å². The van der Waals surface area contributed by atoms with Crippen LogP contribution in [0.25, 0.3) is 11.0 Å². The van der Waals surface area contributed by atoms with Gasteiger partial charge in [-0.05, 0) is 18.2 Å². The van der Waals surface area contributed by atoms with Crippen LogP contribution in [-0.4, -0.2) is 36.2 Å². The van der Waals surface area contributed by atoms with Crippen LogP contribution in [0.15, 0.2) is 30.7 Å². The van der Waals surface area contributed by atoms with Gasteiger partial charge in [0.05, 0.1) is 12.2 Å². The first-order valence-electron chi connectivity index (χ1n) is 6.19. The summed E-state index contributed by atoms with van der Waals surface area (Å²) in [5.41, 5.74) is 3.95.